The lowest BCUT2D eigenvalue weighted by Crippen LogP contribution is -2.40. The SMILES string of the molecule is CCCCC(=O)N[C@@H](CCCCN(C)C)C(=O)O. The maximum atomic E-state index is 11.5. The minimum absolute atomic E-state index is 0.156. The summed E-state index contributed by atoms with van der Waals surface area (Å²) in [5.74, 6) is -1.10. The molecular formula is C13H26N2O3. The van der Waals surface area contributed by atoms with E-state index in [2.05, 4.69) is 10.2 Å². The van der Waals surface area contributed by atoms with Gasteiger partial charge in [0.15, 0.2) is 0 Å². The summed E-state index contributed by atoms with van der Waals surface area (Å²) in [4.78, 5) is 24.6. The van der Waals surface area contributed by atoms with Gasteiger partial charge < -0.3 is 15.3 Å². The number of carboxylic acid groups (broad SMARTS) is 1. The van der Waals surface area contributed by atoms with Gasteiger partial charge >= 0.3 is 5.97 Å². The van der Waals surface area contributed by atoms with Gasteiger partial charge in [-0.25, -0.2) is 4.79 Å². The van der Waals surface area contributed by atoms with E-state index in [9.17, 15) is 9.59 Å². The van der Waals surface area contributed by atoms with E-state index in [-0.39, 0.29) is 5.91 Å². The molecule has 0 aromatic carbocycles. The largest absolute Gasteiger partial charge is 0.480 e. The van der Waals surface area contributed by atoms with Gasteiger partial charge in [-0.05, 0) is 46.3 Å². The Hall–Kier alpha value is -1.10. The Balaban J connectivity index is 3.92. The third-order valence-corrected chi connectivity index (χ3v) is 2.74. The van der Waals surface area contributed by atoms with Crippen LogP contribution in [0, 0.1) is 0 Å². The molecule has 0 aromatic heterocycles. The van der Waals surface area contributed by atoms with E-state index in [4.69, 9.17) is 5.11 Å². The first kappa shape index (κ1) is 16.9. The molecule has 5 nitrogen and oxygen atoms in total. The maximum absolute atomic E-state index is 11.5. The zero-order valence-electron chi connectivity index (χ0n) is 11.7. The number of hydrogen-bond acceptors (Lipinski definition) is 3. The molecule has 0 saturated carbocycles. The lowest BCUT2D eigenvalue weighted by atomic mass is 10.1. The number of unbranched alkanes of at least 4 members (excludes halogenated alkanes) is 2. The molecule has 106 valence electrons. The van der Waals surface area contributed by atoms with Crippen molar-refractivity contribution in [2.24, 2.45) is 0 Å². The van der Waals surface area contributed by atoms with Crippen LogP contribution < -0.4 is 5.32 Å². The van der Waals surface area contributed by atoms with Gasteiger partial charge in [-0.1, -0.05) is 13.3 Å². The standard InChI is InChI=1S/C13H26N2O3/c1-4-5-9-12(16)14-11(13(17)18)8-6-7-10-15(2)3/h11H,4-10H2,1-3H3,(H,14,16)(H,17,18)/t11-/m0/s1. The molecule has 18 heavy (non-hydrogen) atoms. The van der Waals surface area contributed by atoms with Crippen LogP contribution in [0.1, 0.15) is 45.4 Å². The molecule has 2 N–H and O–H groups in total. The van der Waals surface area contributed by atoms with Gasteiger partial charge in [0.2, 0.25) is 5.91 Å². The third kappa shape index (κ3) is 8.98. The average molecular weight is 258 g/mol. The number of aliphatic carboxylic acids is 1. The van der Waals surface area contributed by atoms with E-state index in [1.807, 2.05) is 21.0 Å². The zero-order chi connectivity index (χ0) is 14.0. The Bertz CT molecular complexity index is 255. The van der Waals surface area contributed by atoms with Crippen LogP contribution >= 0.6 is 0 Å². The molecule has 0 aromatic rings. The van der Waals surface area contributed by atoms with Crippen molar-refractivity contribution in [2.45, 2.75) is 51.5 Å². The fraction of sp³-hybridized carbons (Fsp3) is 0.846. The Morgan fingerprint density at radius 2 is 1.89 bits per heavy atom. The second-order valence-corrected chi connectivity index (χ2v) is 4.86. The topological polar surface area (TPSA) is 69.6 Å². The predicted octanol–water partition coefficient (Wildman–Crippen LogP) is 1.48. The molecule has 0 unspecified atom stereocenters. The highest BCUT2D eigenvalue weighted by Gasteiger charge is 2.18. The van der Waals surface area contributed by atoms with Crippen LogP contribution in [0.4, 0.5) is 0 Å². The summed E-state index contributed by atoms with van der Waals surface area (Å²) in [5.41, 5.74) is 0. The molecule has 5 heteroatoms. The van der Waals surface area contributed by atoms with Crippen LogP contribution in [0.2, 0.25) is 0 Å². The number of nitrogens with one attached hydrogen (secondary N) is 1. The molecule has 0 aliphatic rings. The van der Waals surface area contributed by atoms with E-state index >= 15 is 0 Å². The smallest absolute Gasteiger partial charge is 0.326 e. The molecule has 0 bridgehead atoms. The number of nitrogens with zero attached hydrogens (tertiary/aromatic N) is 1. The van der Waals surface area contributed by atoms with Gasteiger partial charge in [-0.15, -0.1) is 0 Å². The minimum Gasteiger partial charge on any atom is -0.480 e. The number of carboxylic acids is 1. The Labute approximate surface area is 110 Å². The lowest BCUT2D eigenvalue weighted by molar-refractivity contribution is -0.142. The van der Waals surface area contributed by atoms with Crippen molar-refractivity contribution in [1.82, 2.24) is 10.2 Å². The minimum atomic E-state index is -0.940. The van der Waals surface area contributed by atoms with Crippen LogP contribution in [0.3, 0.4) is 0 Å². The predicted molar refractivity (Wildman–Crippen MR) is 71.5 cm³/mol. The van der Waals surface area contributed by atoms with Crippen LogP contribution in [0.25, 0.3) is 0 Å². The first-order valence-electron chi connectivity index (χ1n) is 6.64. The Morgan fingerprint density at radius 1 is 1.22 bits per heavy atom. The van der Waals surface area contributed by atoms with Gasteiger partial charge in [-0.2, -0.15) is 0 Å². The molecule has 0 saturated heterocycles. The van der Waals surface area contributed by atoms with E-state index in [0.29, 0.717) is 12.8 Å². The molecule has 0 aliphatic carbocycles. The van der Waals surface area contributed by atoms with E-state index < -0.39 is 12.0 Å². The summed E-state index contributed by atoms with van der Waals surface area (Å²) in [6.45, 7) is 2.94. The molecule has 0 radical (unpaired) electrons. The summed E-state index contributed by atoms with van der Waals surface area (Å²) in [7, 11) is 3.97. The van der Waals surface area contributed by atoms with Gasteiger partial charge in [0, 0.05) is 6.42 Å². The van der Waals surface area contributed by atoms with Crippen molar-refractivity contribution < 1.29 is 14.7 Å². The number of amides is 1. The fourth-order valence-electron chi connectivity index (χ4n) is 1.64. The second-order valence-electron chi connectivity index (χ2n) is 4.86. The average Bonchev–Trinajstić information content (AvgIpc) is 2.29. The number of rotatable bonds is 10. The van der Waals surface area contributed by atoms with Gasteiger partial charge in [0.1, 0.15) is 6.04 Å². The maximum Gasteiger partial charge on any atom is 0.326 e. The molecular weight excluding hydrogens is 232 g/mol. The van der Waals surface area contributed by atoms with E-state index in [1.54, 1.807) is 0 Å². The Morgan fingerprint density at radius 3 is 2.39 bits per heavy atom. The molecule has 0 heterocycles. The van der Waals surface area contributed by atoms with E-state index in [0.717, 1.165) is 32.2 Å². The molecule has 1 amide bonds. The first-order valence-corrected chi connectivity index (χ1v) is 6.64. The summed E-state index contributed by atoms with van der Waals surface area (Å²) >= 11 is 0. The first-order chi connectivity index (χ1) is 8.47. The van der Waals surface area contributed by atoms with Gasteiger partial charge in [-0.3, -0.25) is 4.79 Å². The van der Waals surface area contributed by atoms with Gasteiger partial charge in [0.05, 0.1) is 0 Å². The van der Waals surface area contributed by atoms with Crippen LogP contribution in [-0.2, 0) is 9.59 Å². The lowest BCUT2D eigenvalue weighted by Gasteiger charge is -2.15. The molecule has 1 atom stereocenters. The Kier molecular flexibility index (Phi) is 9.28. The highest BCUT2D eigenvalue weighted by molar-refractivity contribution is 5.83. The molecule has 0 rings (SSSR count). The molecule has 0 spiro atoms. The highest BCUT2D eigenvalue weighted by atomic mass is 16.4. The van der Waals surface area contributed by atoms with Crippen molar-refractivity contribution in [2.75, 3.05) is 20.6 Å². The highest BCUT2D eigenvalue weighted by Crippen LogP contribution is 2.03. The number of carbonyl (C=O) groups is 2. The van der Waals surface area contributed by atoms with Crippen molar-refractivity contribution in [3.05, 3.63) is 0 Å². The van der Waals surface area contributed by atoms with Crippen molar-refractivity contribution in [3.63, 3.8) is 0 Å². The van der Waals surface area contributed by atoms with E-state index in [1.165, 1.54) is 0 Å². The zero-order valence-corrected chi connectivity index (χ0v) is 11.7. The van der Waals surface area contributed by atoms with Crippen LogP contribution in [0.5, 0.6) is 0 Å². The van der Waals surface area contributed by atoms with Crippen molar-refractivity contribution in [1.29, 1.82) is 0 Å². The summed E-state index contributed by atoms with van der Waals surface area (Å²) in [6.07, 6.45) is 4.41. The second kappa shape index (κ2) is 9.88. The molecule has 0 aliphatic heterocycles. The normalized spacial score (nSPS) is 12.4. The quantitative estimate of drug-likeness (QED) is 0.582. The fourth-order valence-corrected chi connectivity index (χ4v) is 1.64. The van der Waals surface area contributed by atoms with Crippen LogP contribution in [-0.4, -0.2) is 48.6 Å². The van der Waals surface area contributed by atoms with Crippen LogP contribution in [0.15, 0.2) is 0 Å². The summed E-state index contributed by atoms with van der Waals surface area (Å²) in [5, 5.41) is 11.6. The molecule has 0 fully saturated rings. The third-order valence-electron chi connectivity index (χ3n) is 2.74. The van der Waals surface area contributed by atoms with Crippen molar-refractivity contribution >= 4 is 11.9 Å². The van der Waals surface area contributed by atoms with Crippen molar-refractivity contribution in [3.8, 4) is 0 Å². The number of hydrogen-bond donors (Lipinski definition) is 2. The van der Waals surface area contributed by atoms with Gasteiger partial charge in [0.25, 0.3) is 0 Å². The summed E-state index contributed by atoms with van der Waals surface area (Å²) < 4.78 is 0. The summed E-state index contributed by atoms with van der Waals surface area (Å²) in [6, 6.07) is -0.739. The number of carbonyl (C=O) groups excluding carboxylic acids is 1. The monoisotopic (exact) mass is 258 g/mol.